The van der Waals surface area contributed by atoms with E-state index < -0.39 is 11.9 Å². The molecule has 2 aromatic heterocycles. The van der Waals surface area contributed by atoms with Crippen molar-refractivity contribution in [3.05, 3.63) is 65.1 Å². The molecule has 11 nitrogen and oxygen atoms in total. The van der Waals surface area contributed by atoms with Crippen molar-refractivity contribution in [3.8, 4) is 0 Å². The molecular formula is C28H33BrN6O5. The number of likely N-dealkylation sites (tertiary alicyclic amines) is 1. The van der Waals surface area contributed by atoms with Crippen molar-refractivity contribution in [2.75, 3.05) is 18.5 Å². The fourth-order valence-corrected chi connectivity index (χ4v) is 5.29. The molecule has 4 rings (SSSR count). The number of fused-ring (bicyclic) bond motifs is 1. The Labute approximate surface area is 241 Å². The van der Waals surface area contributed by atoms with Gasteiger partial charge in [-0.2, -0.15) is 5.10 Å². The van der Waals surface area contributed by atoms with Crippen LogP contribution in [0, 0.1) is 5.41 Å². The SMILES string of the molecule is C=CCCNC(=O)c1cc(C(C)=O)nn1CC(=O)N1C2C[C@]2(C)C[C@H]1C(=O)Nc1nc(Br)ccc1COCC=C. The Morgan fingerprint density at radius 1 is 1.23 bits per heavy atom. The van der Waals surface area contributed by atoms with Gasteiger partial charge in [-0.15, -0.1) is 13.2 Å². The van der Waals surface area contributed by atoms with Crippen LogP contribution in [-0.4, -0.2) is 68.4 Å². The summed E-state index contributed by atoms with van der Waals surface area (Å²) in [5.41, 5.74) is 0.702. The lowest BCUT2D eigenvalue weighted by molar-refractivity contribution is -0.138. The van der Waals surface area contributed by atoms with Crippen LogP contribution in [0.25, 0.3) is 0 Å². The molecule has 3 atom stereocenters. The molecule has 0 spiro atoms. The summed E-state index contributed by atoms with van der Waals surface area (Å²) in [6, 6.07) is 4.11. The Balaban J connectivity index is 1.54. The number of hydrogen-bond acceptors (Lipinski definition) is 7. The van der Waals surface area contributed by atoms with Crippen molar-refractivity contribution >= 4 is 45.3 Å². The van der Waals surface area contributed by atoms with E-state index in [9.17, 15) is 19.2 Å². The zero-order valence-corrected chi connectivity index (χ0v) is 24.2. The quantitative estimate of drug-likeness (QED) is 0.153. The maximum absolute atomic E-state index is 13.7. The molecule has 1 saturated carbocycles. The van der Waals surface area contributed by atoms with E-state index in [4.69, 9.17) is 4.74 Å². The van der Waals surface area contributed by atoms with Gasteiger partial charge < -0.3 is 20.3 Å². The monoisotopic (exact) mass is 612 g/mol. The second-order valence-corrected chi connectivity index (χ2v) is 11.1. The molecule has 1 unspecified atom stereocenters. The van der Waals surface area contributed by atoms with Crippen molar-refractivity contribution < 1.29 is 23.9 Å². The van der Waals surface area contributed by atoms with Crippen LogP contribution in [0.3, 0.4) is 0 Å². The van der Waals surface area contributed by atoms with Crippen LogP contribution in [0.2, 0.25) is 0 Å². The fraction of sp³-hybridized carbons (Fsp3) is 0.429. The summed E-state index contributed by atoms with van der Waals surface area (Å²) in [6.45, 7) is 11.3. The van der Waals surface area contributed by atoms with E-state index in [2.05, 4.69) is 56.7 Å². The van der Waals surface area contributed by atoms with Gasteiger partial charge in [0, 0.05) is 31.1 Å². The number of ketones is 1. The average Bonchev–Trinajstić information content (AvgIpc) is 3.23. The molecule has 2 aliphatic rings. The summed E-state index contributed by atoms with van der Waals surface area (Å²) in [4.78, 5) is 58.0. The number of nitrogens with one attached hydrogen (secondary N) is 2. The molecule has 3 amide bonds. The third kappa shape index (κ3) is 6.39. The Bertz CT molecular complexity index is 1360. The second kappa shape index (κ2) is 12.3. The molecule has 1 saturated heterocycles. The van der Waals surface area contributed by atoms with Crippen LogP contribution in [0.15, 0.2) is 48.1 Å². The molecule has 2 aromatic rings. The highest BCUT2D eigenvalue weighted by Crippen LogP contribution is 2.59. The molecule has 2 N–H and O–H groups in total. The minimum absolute atomic E-state index is 0.0839. The summed E-state index contributed by atoms with van der Waals surface area (Å²) in [5.74, 6) is -1.15. The van der Waals surface area contributed by atoms with Crippen LogP contribution in [0.1, 0.15) is 59.7 Å². The number of carbonyl (C=O) groups excluding carboxylic acids is 4. The van der Waals surface area contributed by atoms with E-state index in [1.165, 1.54) is 17.7 Å². The summed E-state index contributed by atoms with van der Waals surface area (Å²) < 4.78 is 7.32. The highest BCUT2D eigenvalue weighted by Gasteiger charge is 2.64. The Kier molecular flexibility index (Phi) is 8.99. The first-order valence-corrected chi connectivity index (χ1v) is 13.8. The molecule has 0 aromatic carbocycles. The molecule has 2 fully saturated rings. The van der Waals surface area contributed by atoms with Gasteiger partial charge in [-0.3, -0.25) is 19.2 Å². The maximum atomic E-state index is 13.7. The molecule has 212 valence electrons. The number of amides is 3. The molecule has 1 aliphatic carbocycles. The predicted octanol–water partition coefficient (Wildman–Crippen LogP) is 3.27. The number of anilines is 1. The van der Waals surface area contributed by atoms with Crippen molar-refractivity contribution in [2.24, 2.45) is 5.41 Å². The van der Waals surface area contributed by atoms with Crippen molar-refractivity contribution in [2.45, 2.75) is 58.3 Å². The first kappa shape index (κ1) is 29.3. The summed E-state index contributed by atoms with van der Waals surface area (Å²) >= 11 is 3.34. The third-order valence-electron chi connectivity index (χ3n) is 7.20. The van der Waals surface area contributed by atoms with Gasteiger partial charge in [-0.1, -0.05) is 25.1 Å². The van der Waals surface area contributed by atoms with E-state index in [1.807, 2.05) is 0 Å². The van der Waals surface area contributed by atoms with E-state index in [0.29, 0.717) is 42.0 Å². The van der Waals surface area contributed by atoms with Crippen molar-refractivity contribution in [1.29, 1.82) is 0 Å². The van der Waals surface area contributed by atoms with Gasteiger partial charge in [0.2, 0.25) is 11.8 Å². The number of ether oxygens (including phenoxy) is 1. The lowest BCUT2D eigenvalue weighted by atomic mass is 10.0. The zero-order valence-electron chi connectivity index (χ0n) is 22.6. The number of hydrogen-bond donors (Lipinski definition) is 2. The Morgan fingerprint density at radius 2 is 2.00 bits per heavy atom. The summed E-state index contributed by atoms with van der Waals surface area (Å²) in [5, 5.41) is 9.85. The lowest BCUT2D eigenvalue weighted by Gasteiger charge is -2.27. The normalized spacial score (nSPS) is 20.9. The fourth-order valence-electron chi connectivity index (χ4n) is 4.98. The number of rotatable bonds is 13. The predicted molar refractivity (Wildman–Crippen MR) is 152 cm³/mol. The standard InChI is InChI=1S/C28H33BrN6O5/c1-5-7-10-30-26(38)20-12-19(17(3)36)33-34(20)15-24(37)35-21(13-28(4)14-22(28)35)27(39)32-25-18(16-40-11-6-2)8-9-23(29)31-25/h5-6,8-9,12,21-22H,1-2,7,10-11,13-16H2,3-4H3,(H,30,38)(H,31,32,39)/t21-,22?,28-/m0/s1. The van der Waals surface area contributed by atoms with Crippen LogP contribution >= 0.6 is 15.9 Å². The maximum Gasteiger partial charge on any atom is 0.269 e. The number of pyridine rings is 1. The average molecular weight is 614 g/mol. The van der Waals surface area contributed by atoms with Crippen molar-refractivity contribution in [1.82, 2.24) is 25.0 Å². The molecule has 3 heterocycles. The van der Waals surface area contributed by atoms with Crippen LogP contribution < -0.4 is 10.6 Å². The highest BCUT2D eigenvalue weighted by molar-refractivity contribution is 9.10. The number of halogens is 1. The number of aromatic nitrogens is 3. The lowest BCUT2D eigenvalue weighted by Crippen LogP contribution is -2.47. The first-order valence-electron chi connectivity index (χ1n) is 13.0. The van der Waals surface area contributed by atoms with Gasteiger partial charge in [0.25, 0.3) is 5.91 Å². The van der Waals surface area contributed by atoms with Crippen LogP contribution in [-0.2, 0) is 27.5 Å². The van der Waals surface area contributed by atoms with Gasteiger partial charge >= 0.3 is 0 Å². The first-order chi connectivity index (χ1) is 19.1. The number of carbonyl (C=O) groups is 4. The van der Waals surface area contributed by atoms with Crippen LogP contribution in [0.4, 0.5) is 5.82 Å². The minimum atomic E-state index is -0.730. The smallest absolute Gasteiger partial charge is 0.269 e. The van der Waals surface area contributed by atoms with Gasteiger partial charge in [0.05, 0.1) is 13.2 Å². The van der Waals surface area contributed by atoms with Gasteiger partial charge in [0.1, 0.15) is 34.4 Å². The topological polar surface area (TPSA) is 136 Å². The van der Waals surface area contributed by atoms with E-state index in [-0.39, 0.29) is 53.6 Å². The Morgan fingerprint density at radius 3 is 2.70 bits per heavy atom. The second-order valence-electron chi connectivity index (χ2n) is 10.3. The van der Waals surface area contributed by atoms with E-state index in [1.54, 1.807) is 29.2 Å². The van der Waals surface area contributed by atoms with Crippen molar-refractivity contribution in [3.63, 3.8) is 0 Å². The molecular weight excluding hydrogens is 580 g/mol. The number of Topliss-reactive ketones (excluding diaryl/α,β-unsaturated/α-hetero) is 1. The highest BCUT2D eigenvalue weighted by atomic mass is 79.9. The number of piperidine rings is 1. The van der Waals surface area contributed by atoms with Crippen LogP contribution in [0.5, 0.6) is 0 Å². The largest absolute Gasteiger partial charge is 0.373 e. The molecule has 40 heavy (non-hydrogen) atoms. The molecule has 1 aliphatic heterocycles. The van der Waals surface area contributed by atoms with E-state index in [0.717, 1.165) is 6.42 Å². The van der Waals surface area contributed by atoms with Gasteiger partial charge in [-0.05, 0) is 46.7 Å². The molecule has 12 heteroatoms. The minimum Gasteiger partial charge on any atom is -0.373 e. The summed E-state index contributed by atoms with van der Waals surface area (Å²) in [7, 11) is 0. The van der Waals surface area contributed by atoms with E-state index >= 15 is 0 Å². The number of nitrogens with zero attached hydrogens (tertiary/aromatic N) is 4. The zero-order chi connectivity index (χ0) is 29.0. The summed E-state index contributed by atoms with van der Waals surface area (Å²) in [6.07, 6.45) is 5.16. The third-order valence-corrected chi connectivity index (χ3v) is 7.64. The molecule has 0 bridgehead atoms. The van der Waals surface area contributed by atoms with Gasteiger partial charge in [-0.25, -0.2) is 9.67 Å². The molecule has 0 radical (unpaired) electrons. The Hall–Kier alpha value is -3.64. The van der Waals surface area contributed by atoms with Gasteiger partial charge in [0.15, 0.2) is 5.78 Å².